The number of anilines is 1. The van der Waals surface area contributed by atoms with E-state index in [9.17, 15) is 0 Å². The first-order valence-electron chi connectivity index (χ1n) is 7.37. The molecule has 0 radical (unpaired) electrons. The largest absolute Gasteiger partial charge is 0.365 e. The predicted molar refractivity (Wildman–Crippen MR) is 93.2 cm³/mol. The summed E-state index contributed by atoms with van der Waals surface area (Å²) in [5.74, 6) is 1.61. The Morgan fingerprint density at radius 1 is 1.08 bits per heavy atom. The first-order chi connectivity index (χ1) is 11.8. The minimum Gasteiger partial charge on any atom is -0.365 e. The van der Waals surface area contributed by atoms with Gasteiger partial charge in [0.15, 0.2) is 0 Å². The molecule has 0 fully saturated rings. The summed E-state index contributed by atoms with van der Waals surface area (Å²) in [5.41, 5.74) is 1.87. The van der Waals surface area contributed by atoms with Crippen LogP contribution in [0, 0.1) is 0 Å². The number of nitrogens with one attached hydrogen (secondary N) is 1. The Morgan fingerprint density at radius 3 is 2.83 bits per heavy atom. The molecule has 1 aromatic carbocycles. The fourth-order valence-corrected chi connectivity index (χ4v) is 2.59. The molecule has 1 N–H and O–H groups in total. The monoisotopic (exact) mass is 336 g/mol. The molecular weight excluding hydrogens is 324 g/mol. The number of aromatic nitrogens is 5. The van der Waals surface area contributed by atoms with Crippen molar-refractivity contribution in [1.82, 2.24) is 24.5 Å². The van der Waals surface area contributed by atoms with Crippen LogP contribution in [0.3, 0.4) is 0 Å². The maximum Gasteiger partial charge on any atom is 0.137 e. The van der Waals surface area contributed by atoms with Gasteiger partial charge < -0.3 is 5.32 Å². The van der Waals surface area contributed by atoms with Crippen molar-refractivity contribution in [3.05, 3.63) is 72.2 Å². The Labute approximate surface area is 143 Å². The second-order valence-corrected chi connectivity index (χ2v) is 5.67. The zero-order chi connectivity index (χ0) is 16.4. The fourth-order valence-electron chi connectivity index (χ4n) is 2.43. The van der Waals surface area contributed by atoms with Gasteiger partial charge in [-0.15, -0.1) is 0 Å². The second kappa shape index (κ2) is 6.25. The summed E-state index contributed by atoms with van der Waals surface area (Å²) in [6.07, 6.45) is 8.67. The number of hydrogen-bond acceptors (Lipinski definition) is 5. The third-order valence-electron chi connectivity index (χ3n) is 3.64. The van der Waals surface area contributed by atoms with E-state index >= 15 is 0 Å². The molecule has 24 heavy (non-hydrogen) atoms. The van der Waals surface area contributed by atoms with Crippen LogP contribution in [-0.4, -0.2) is 24.5 Å². The van der Waals surface area contributed by atoms with Crippen molar-refractivity contribution < 1.29 is 0 Å². The normalized spacial score (nSPS) is 10.9. The first-order valence-corrected chi connectivity index (χ1v) is 7.75. The van der Waals surface area contributed by atoms with Gasteiger partial charge in [-0.25, -0.2) is 19.9 Å². The quantitative estimate of drug-likeness (QED) is 0.618. The van der Waals surface area contributed by atoms with E-state index in [0.29, 0.717) is 11.6 Å². The number of pyridine rings is 1. The van der Waals surface area contributed by atoms with E-state index in [1.807, 2.05) is 47.3 Å². The maximum atomic E-state index is 6.01. The molecule has 3 heterocycles. The zero-order valence-electron chi connectivity index (χ0n) is 12.6. The van der Waals surface area contributed by atoms with Crippen molar-refractivity contribution in [1.29, 1.82) is 0 Å². The van der Waals surface area contributed by atoms with Gasteiger partial charge in [0.2, 0.25) is 0 Å². The van der Waals surface area contributed by atoms with Gasteiger partial charge in [0.25, 0.3) is 0 Å². The van der Waals surface area contributed by atoms with Crippen LogP contribution >= 0.6 is 11.6 Å². The lowest BCUT2D eigenvalue weighted by Gasteiger charge is -2.09. The van der Waals surface area contributed by atoms with Crippen molar-refractivity contribution in [2.75, 3.05) is 5.32 Å². The smallest absolute Gasteiger partial charge is 0.137 e. The van der Waals surface area contributed by atoms with Crippen LogP contribution in [0.2, 0.25) is 5.02 Å². The van der Waals surface area contributed by atoms with Gasteiger partial charge in [0.1, 0.15) is 24.3 Å². The molecule has 0 unspecified atom stereocenters. The standard InChI is InChI=1S/C17H13ClN6/c18-13-2-3-14-15(7-13)22-10-23-17(14)21-9-12-1-4-16(20-8-12)24-6-5-19-11-24/h1-8,10-11H,9H2,(H,21,22,23). The van der Waals surface area contributed by atoms with Crippen LogP contribution in [0.1, 0.15) is 5.56 Å². The average molecular weight is 337 g/mol. The Balaban J connectivity index is 1.53. The summed E-state index contributed by atoms with van der Waals surface area (Å²) in [4.78, 5) is 17.0. The molecule has 3 aromatic heterocycles. The lowest BCUT2D eigenvalue weighted by molar-refractivity contribution is 0.977. The van der Waals surface area contributed by atoms with Gasteiger partial charge >= 0.3 is 0 Å². The van der Waals surface area contributed by atoms with Gasteiger partial charge in [0, 0.05) is 35.5 Å². The van der Waals surface area contributed by atoms with Crippen LogP contribution in [-0.2, 0) is 6.54 Å². The Hall–Kier alpha value is -2.99. The Morgan fingerprint density at radius 2 is 2.04 bits per heavy atom. The van der Waals surface area contributed by atoms with Gasteiger partial charge in [-0.1, -0.05) is 17.7 Å². The van der Waals surface area contributed by atoms with Crippen molar-refractivity contribution >= 4 is 28.3 Å². The molecule has 0 bridgehead atoms. The number of nitrogens with zero attached hydrogens (tertiary/aromatic N) is 5. The molecule has 4 aromatic rings. The topological polar surface area (TPSA) is 68.5 Å². The molecule has 0 aliphatic carbocycles. The third kappa shape index (κ3) is 2.91. The third-order valence-corrected chi connectivity index (χ3v) is 3.87. The number of fused-ring (bicyclic) bond motifs is 1. The highest BCUT2D eigenvalue weighted by molar-refractivity contribution is 6.31. The van der Waals surface area contributed by atoms with E-state index in [1.165, 1.54) is 6.33 Å². The molecule has 4 rings (SSSR count). The Bertz CT molecular complexity index is 966. The molecule has 6 nitrogen and oxygen atoms in total. The average Bonchev–Trinajstić information content (AvgIpc) is 3.14. The lowest BCUT2D eigenvalue weighted by Crippen LogP contribution is -2.04. The van der Waals surface area contributed by atoms with Crippen molar-refractivity contribution in [2.24, 2.45) is 0 Å². The second-order valence-electron chi connectivity index (χ2n) is 5.23. The van der Waals surface area contributed by atoms with Crippen LogP contribution in [0.5, 0.6) is 0 Å². The number of benzene rings is 1. The van der Waals surface area contributed by atoms with E-state index in [0.717, 1.165) is 28.1 Å². The highest BCUT2D eigenvalue weighted by atomic mass is 35.5. The molecule has 0 aliphatic heterocycles. The van der Waals surface area contributed by atoms with Crippen LogP contribution in [0.15, 0.2) is 61.6 Å². The van der Waals surface area contributed by atoms with E-state index in [2.05, 4.69) is 25.3 Å². The van der Waals surface area contributed by atoms with Crippen molar-refractivity contribution in [2.45, 2.75) is 6.54 Å². The van der Waals surface area contributed by atoms with Crippen molar-refractivity contribution in [3.8, 4) is 5.82 Å². The first kappa shape index (κ1) is 14.6. The lowest BCUT2D eigenvalue weighted by atomic mass is 10.2. The molecule has 0 spiro atoms. The van der Waals surface area contributed by atoms with Crippen molar-refractivity contribution in [3.63, 3.8) is 0 Å². The molecule has 7 heteroatoms. The molecule has 118 valence electrons. The summed E-state index contributed by atoms with van der Waals surface area (Å²) in [5, 5.41) is 4.92. The molecular formula is C17H13ClN6. The number of rotatable bonds is 4. The molecule has 0 saturated heterocycles. The highest BCUT2D eigenvalue weighted by Crippen LogP contribution is 2.22. The maximum absolute atomic E-state index is 6.01. The van der Waals surface area contributed by atoms with E-state index < -0.39 is 0 Å². The summed E-state index contributed by atoms with van der Waals surface area (Å²) < 4.78 is 1.86. The van der Waals surface area contributed by atoms with Crippen LogP contribution in [0.25, 0.3) is 16.7 Å². The van der Waals surface area contributed by atoms with Gasteiger partial charge in [-0.05, 0) is 29.8 Å². The van der Waals surface area contributed by atoms with E-state index in [1.54, 1.807) is 12.5 Å². The summed E-state index contributed by atoms with van der Waals surface area (Å²) in [6, 6.07) is 9.55. The van der Waals surface area contributed by atoms with Gasteiger partial charge in [-0.2, -0.15) is 0 Å². The van der Waals surface area contributed by atoms with Gasteiger partial charge in [0.05, 0.1) is 5.52 Å². The minimum atomic E-state index is 0.617. The number of halogens is 1. The van der Waals surface area contributed by atoms with E-state index in [-0.39, 0.29) is 0 Å². The van der Waals surface area contributed by atoms with E-state index in [4.69, 9.17) is 11.6 Å². The Kier molecular flexibility index (Phi) is 3.80. The summed E-state index contributed by atoms with van der Waals surface area (Å²) >= 11 is 6.01. The minimum absolute atomic E-state index is 0.617. The number of imidazole rings is 1. The summed E-state index contributed by atoms with van der Waals surface area (Å²) in [7, 11) is 0. The molecule has 0 amide bonds. The molecule has 0 saturated carbocycles. The molecule has 0 aliphatic rings. The zero-order valence-corrected chi connectivity index (χ0v) is 13.4. The molecule has 0 atom stereocenters. The van der Waals surface area contributed by atoms with Crippen LogP contribution < -0.4 is 5.32 Å². The highest BCUT2D eigenvalue weighted by Gasteiger charge is 2.04. The predicted octanol–water partition coefficient (Wildman–Crippen LogP) is 3.48. The number of hydrogen-bond donors (Lipinski definition) is 1. The van der Waals surface area contributed by atoms with Gasteiger partial charge in [-0.3, -0.25) is 4.57 Å². The SMILES string of the molecule is Clc1ccc2c(NCc3ccc(-n4ccnc4)nc3)ncnc2c1. The fraction of sp³-hybridized carbons (Fsp3) is 0.0588. The van der Waals surface area contributed by atoms with Crippen LogP contribution in [0.4, 0.5) is 5.82 Å². The summed E-state index contributed by atoms with van der Waals surface area (Å²) in [6.45, 7) is 0.617.